The zero-order valence-electron chi connectivity index (χ0n) is 11.5. The highest BCUT2D eigenvalue weighted by molar-refractivity contribution is 5.76. The predicted octanol–water partition coefficient (Wildman–Crippen LogP) is 1.65. The fourth-order valence-electron chi connectivity index (χ4n) is 2.26. The molecule has 0 radical (unpaired) electrons. The topological polar surface area (TPSA) is 58.6 Å². The third kappa shape index (κ3) is 2.96. The lowest BCUT2D eigenvalue weighted by Gasteiger charge is -2.38. The average molecular weight is 263 g/mol. The summed E-state index contributed by atoms with van der Waals surface area (Å²) in [6.07, 6.45) is 0. The van der Waals surface area contributed by atoms with Crippen molar-refractivity contribution in [3.63, 3.8) is 0 Å². The molecule has 1 aliphatic rings. The molecule has 1 aromatic carbocycles. The fraction of sp³-hybridized carbons (Fsp3) is 0.533. The lowest BCUT2D eigenvalue weighted by molar-refractivity contribution is -0.178. The molecule has 0 aromatic heterocycles. The van der Waals surface area contributed by atoms with Crippen molar-refractivity contribution in [2.45, 2.75) is 19.3 Å². The monoisotopic (exact) mass is 263 g/mol. The molecule has 0 bridgehead atoms. The highest BCUT2D eigenvalue weighted by atomic mass is 16.5. The first-order chi connectivity index (χ1) is 8.96. The first-order valence-electron chi connectivity index (χ1n) is 6.54. The number of ether oxygens (including phenoxy) is 1. The van der Waals surface area contributed by atoms with E-state index in [1.54, 1.807) is 0 Å². The Kier molecular flexibility index (Phi) is 3.92. The molecule has 2 N–H and O–H groups in total. The molecule has 1 aliphatic heterocycles. The lowest BCUT2D eigenvalue weighted by atomic mass is 9.83. The summed E-state index contributed by atoms with van der Waals surface area (Å²) in [5.74, 6) is -0.774. The summed E-state index contributed by atoms with van der Waals surface area (Å²) in [6, 6.07) is 10.2. The van der Waals surface area contributed by atoms with Crippen LogP contribution in [0, 0.1) is 5.41 Å². The van der Waals surface area contributed by atoms with Gasteiger partial charge < -0.3 is 15.2 Å². The first-order valence-corrected chi connectivity index (χ1v) is 6.54. The third-order valence-electron chi connectivity index (χ3n) is 3.80. The average Bonchev–Trinajstić information content (AvgIpc) is 2.33. The summed E-state index contributed by atoms with van der Waals surface area (Å²) in [4.78, 5) is 11.2. The van der Waals surface area contributed by atoms with Crippen molar-refractivity contribution in [3.8, 4) is 0 Å². The Morgan fingerprint density at radius 3 is 2.47 bits per heavy atom. The van der Waals surface area contributed by atoms with E-state index in [-0.39, 0.29) is 5.41 Å². The number of nitrogens with one attached hydrogen (secondary N) is 1. The van der Waals surface area contributed by atoms with Crippen LogP contribution < -0.4 is 5.32 Å². The molecule has 1 heterocycles. The molecule has 0 saturated carbocycles. The van der Waals surface area contributed by atoms with Gasteiger partial charge in [-0.3, -0.25) is 4.79 Å². The molecule has 1 aromatic rings. The van der Waals surface area contributed by atoms with Gasteiger partial charge in [0.2, 0.25) is 0 Å². The molecule has 2 rings (SSSR count). The maximum atomic E-state index is 11.2. The second kappa shape index (κ2) is 5.31. The van der Waals surface area contributed by atoms with Crippen molar-refractivity contribution < 1.29 is 14.6 Å². The van der Waals surface area contributed by atoms with E-state index in [0.29, 0.717) is 19.8 Å². The van der Waals surface area contributed by atoms with Crippen molar-refractivity contribution in [2.24, 2.45) is 5.41 Å². The summed E-state index contributed by atoms with van der Waals surface area (Å²) in [5.41, 5.74) is 0.495. The Hall–Kier alpha value is -1.39. The summed E-state index contributed by atoms with van der Waals surface area (Å²) in [5, 5.41) is 12.5. The number of carboxylic acids is 1. The van der Waals surface area contributed by atoms with Crippen molar-refractivity contribution in [3.05, 3.63) is 35.9 Å². The van der Waals surface area contributed by atoms with Crippen molar-refractivity contribution >= 4 is 5.97 Å². The second-order valence-electron chi connectivity index (χ2n) is 5.93. The van der Waals surface area contributed by atoms with Crippen molar-refractivity contribution in [1.29, 1.82) is 0 Å². The summed E-state index contributed by atoms with van der Waals surface area (Å²) in [6.45, 7) is 6.12. The summed E-state index contributed by atoms with van der Waals surface area (Å²) >= 11 is 0. The smallest absolute Gasteiger partial charge is 0.315 e. The van der Waals surface area contributed by atoms with Gasteiger partial charge in [-0.15, -0.1) is 0 Å². The van der Waals surface area contributed by atoms with Gasteiger partial charge in [0.15, 0.2) is 0 Å². The van der Waals surface area contributed by atoms with Gasteiger partial charge in [-0.25, -0.2) is 0 Å². The van der Waals surface area contributed by atoms with Crippen LogP contribution in [0.1, 0.15) is 19.4 Å². The highest BCUT2D eigenvalue weighted by Crippen LogP contribution is 2.28. The molecule has 1 saturated heterocycles. The minimum absolute atomic E-state index is 0.0223. The maximum absolute atomic E-state index is 11.2. The van der Waals surface area contributed by atoms with Crippen molar-refractivity contribution in [1.82, 2.24) is 5.32 Å². The number of rotatable bonds is 6. The van der Waals surface area contributed by atoms with Crippen LogP contribution in [0.25, 0.3) is 0 Å². The Bertz CT molecular complexity index is 438. The van der Waals surface area contributed by atoms with E-state index >= 15 is 0 Å². The van der Waals surface area contributed by atoms with Crippen LogP contribution in [-0.2, 0) is 14.9 Å². The Balaban J connectivity index is 1.90. The van der Waals surface area contributed by atoms with Gasteiger partial charge in [0.05, 0.1) is 13.2 Å². The number of carboxylic acid groups (broad SMARTS) is 1. The van der Waals surface area contributed by atoms with Gasteiger partial charge in [-0.05, 0) is 5.56 Å². The summed E-state index contributed by atoms with van der Waals surface area (Å²) in [7, 11) is 0. The van der Waals surface area contributed by atoms with Gasteiger partial charge in [-0.2, -0.15) is 0 Å². The number of aliphatic carboxylic acids is 1. The van der Waals surface area contributed by atoms with Crippen LogP contribution in [-0.4, -0.2) is 37.4 Å². The molecule has 0 spiro atoms. The van der Waals surface area contributed by atoms with Crippen LogP contribution >= 0.6 is 0 Å². The molecule has 0 aliphatic carbocycles. The first kappa shape index (κ1) is 14.0. The molecule has 0 amide bonds. The zero-order valence-corrected chi connectivity index (χ0v) is 11.5. The SMILES string of the molecule is CC(C)(CNCC1(C(=O)O)COC1)c1ccccc1. The molecule has 19 heavy (non-hydrogen) atoms. The molecular formula is C15H21NO3. The van der Waals surface area contributed by atoms with Crippen LogP contribution in [0.3, 0.4) is 0 Å². The Morgan fingerprint density at radius 1 is 1.37 bits per heavy atom. The molecule has 4 nitrogen and oxygen atoms in total. The van der Waals surface area contributed by atoms with Gasteiger partial charge in [0.1, 0.15) is 5.41 Å². The third-order valence-corrected chi connectivity index (χ3v) is 3.80. The molecule has 0 unspecified atom stereocenters. The predicted molar refractivity (Wildman–Crippen MR) is 73.2 cm³/mol. The van der Waals surface area contributed by atoms with E-state index in [0.717, 1.165) is 6.54 Å². The standard InChI is InChI=1S/C15H21NO3/c1-14(2,12-6-4-3-5-7-12)8-16-9-15(13(17)18)10-19-11-15/h3-7,16H,8-11H2,1-2H3,(H,17,18). The van der Waals surface area contributed by atoms with Gasteiger partial charge in [-0.1, -0.05) is 44.2 Å². The van der Waals surface area contributed by atoms with Crippen LogP contribution in [0.5, 0.6) is 0 Å². The van der Waals surface area contributed by atoms with Crippen LogP contribution in [0.2, 0.25) is 0 Å². The molecule has 4 heteroatoms. The highest BCUT2D eigenvalue weighted by Gasteiger charge is 2.46. The van der Waals surface area contributed by atoms with E-state index in [4.69, 9.17) is 4.74 Å². The summed E-state index contributed by atoms with van der Waals surface area (Å²) < 4.78 is 5.05. The molecular weight excluding hydrogens is 242 g/mol. The van der Waals surface area contributed by atoms with E-state index in [1.165, 1.54) is 5.56 Å². The van der Waals surface area contributed by atoms with Crippen LogP contribution in [0.15, 0.2) is 30.3 Å². The number of carbonyl (C=O) groups is 1. The molecule has 1 fully saturated rings. The second-order valence-corrected chi connectivity index (χ2v) is 5.93. The van der Waals surface area contributed by atoms with Gasteiger partial charge in [0.25, 0.3) is 0 Å². The molecule has 104 valence electrons. The fourth-order valence-corrected chi connectivity index (χ4v) is 2.26. The zero-order chi connectivity index (χ0) is 13.9. The van der Waals surface area contributed by atoms with E-state index in [1.807, 2.05) is 18.2 Å². The van der Waals surface area contributed by atoms with E-state index < -0.39 is 11.4 Å². The minimum atomic E-state index is -0.774. The molecule has 0 atom stereocenters. The number of benzene rings is 1. The largest absolute Gasteiger partial charge is 0.481 e. The normalized spacial score (nSPS) is 17.8. The van der Waals surface area contributed by atoms with Gasteiger partial charge in [0, 0.05) is 18.5 Å². The number of hydrogen-bond acceptors (Lipinski definition) is 3. The van der Waals surface area contributed by atoms with Crippen LogP contribution in [0.4, 0.5) is 0 Å². The Morgan fingerprint density at radius 2 is 2.00 bits per heavy atom. The lowest BCUT2D eigenvalue weighted by Crippen LogP contribution is -2.56. The van der Waals surface area contributed by atoms with E-state index in [2.05, 4.69) is 31.3 Å². The van der Waals surface area contributed by atoms with E-state index in [9.17, 15) is 9.90 Å². The number of hydrogen-bond donors (Lipinski definition) is 2. The minimum Gasteiger partial charge on any atom is -0.481 e. The van der Waals surface area contributed by atoms with Crippen molar-refractivity contribution in [2.75, 3.05) is 26.3 Å². The maximum Gasteiger partial charge on any atom is 0.315 e. The Labute approximate surface area is 113 Å². The van der Waals surface area contributed by atoms with Gasteiger partial charge >= 0.3 is 5.97 Å². The quantitative estimate of drug-likeness (QED) is 0.819.